The Morgan fingerprint density at radius 2 is 1.85 bits per heavy atom. The molecule has 54 heavy (non-hydrogen) atoms. The first-order valence-electron chi connectivity index (χ1n) is 19.0. The monoisotopic (exact) mass is 785 g/mol. The maximum absolute atomic E-state index is 14.6. The van der Waals surface area contributed by atoms with Crippen LogP contribution in [-0.2, 0) is 29.1 Å². The number of alkyl carbamates (subject to hydrolysis) is 1. The Balaban J connectivity index is 1.26. The molecule has 1 aromatic heterocycles. The van der Waals surface area contributed by atoms with E-state index in [2.05, 4.69) is 26.9 Å². The van der Waals surface area contributed by atoms with Gasteiger partial charge < -0.3 is 25.0 Å². The summed E-state index contributed by atoms with van der Waals surface area (Å²) in [5, 5.41) is 6.82. The number of hydrogen-bond acceptors (Lipinski definition) is 9. The molecule has 3 saturated carbocycles. The molecule has 0 spiro atoms. The predicted octanol–water partition coefficient (Wildman–Crippen LogP) is 5.55. The van der Waals surface area contributed by atoms with Gasteiger partial charge in [0.15, 0.2) is 0 Å². The van der Waals surface area contributed by atoms with E-state index in [0.29, 0.717) is 47.4 Å². The molecular weight excluding hydrogens is 734 g/mol. The van der Waals surface area contributed by atoms with Crippen molar-refractivity contribution in [3.63, 3.8) is 0 Å². The first kappa shape index (κ1) is 39.8. The van der Waals surface area contributed by atoms with E-state index in [1.54, 1.807) is 30.5 Å². The summed E-state index contributed by atoms with van der Waals surface area (Å²) < 4.78 is 40.4. The second kappa shape index (κ2) is 15.3. The van der Waals surface area contributed by atoms with Crippen LogP contribution in [0.3, 0.4) is 0 Å². The van der Waals surface area contributed by atoms with Gasteiger partial charge in [0, 0.05) is 28.9 Å². The van der Waals surface area contributed by atoms with Crippen LogP contribution >= 0.6 is 11.6 Å². The van der Waals surface area contributed by atoms with Crippen LogP contribution < -0.4 is 20.1 Å². The number of benzene rings is 1. The average Bonchev–Trinajstić information content (AvgIpc) is 3.94. The molecule has 15 heteroatoms. The van der Waals surface area contributed by atoms with Crippen LogP contribution in [0.15, 0.2) is 43.1 Å². The van der Waals surface area contributed by atoms with Crippen molar-refractivity contribution in [2.75, 3.05) is 6.54 Å². The van der Waals surface area contributed by atoms with E-state index in [1.807, 2.05) is 27.7 Å². The smallest absolute Gasteiger partial charge is 0.408 e. The lowest BCUT2D eigenvalue weighted by atomic mass is 9.85. The zero-order chi connectivity index (χ0) is 39.1. The lowest BCUT2D eigenvalue weighted by Gasteiger charge is -2.35. The van der Waals surface area contributed by atoms with Crippen LogP contribution in [0.25, 0.3) is 10.9 Å². The topological polar surface area (TPSA) is 173 Å². The lowest BCUT2D eigenvalue weighted by Crippen LogP contribution is -2.60. The van der Waals surface area contributed by atoms with Gasteiger partial charge in [-0.05, 0) is 81.0 Å². The molecule has 3 N–H and O–H groups in total. The standard InChI is InChI=1S/C39H52ClN5O8S/c1-6-8-16-38(17-18-38)54(50,51)44-35(48)39(22-24(39)7-2)43-33(46)30-21-27(52-31-15-19-41-29-20-25(40)13-14-28(29)31)23-45(30)34(47)32(37(3,4)5)42-36(49)53-26-11-9-10-12-26/h7,13-15,19-20,24,26-27,30,32H,2,6,8-12,16-18,21-23H2,1,3-5H3,(H,42,49)(H,43,46)(H,44,48)/t24-,27+,30-,32+,39+/m0/s1. The Morgan fingerprint density at radius 1 is 1.13 bits per heavy atom. The average molecular weight is 786 g/mol. The minimum absolute atomic E-state index is 0.0152. The number of hydrogen-bond donors (Lipinski definition) is 3. The molecule has 13 nitrogen and oxygen atoms in total. The molecule has 1 aromatic carbocycles. The minimum atomic E-state index is -4.02. The van der Waals surface area contributed by atoms with Gasteiger partial charge in [0.25, 0.3) is 5.91 Å². The highest BCUT2D eigenvalue weighted by molar-refractivity contribution is 7.91. The van der Waals surface area contributed by atoms with Gasteiger partial charge in [-0.3, -0.25) is 24.1 Å². The Hall–Kier alpha value is -3.91. The fourth-order valence-electron chi connectivity index (χ4n) is 7.83. The Labute approximate surface area is 322 Å². The largest absolute Gasteiger partial charge is 0.488 e. The lowest BCUT2D eigenvalue weighted by molar-refractivity contribution is -0.143. The Morgan fingerprint density at radius 3 is 2.48 bits per heavy atom. The van der Waals surface area contributed by atoms with Crippen molar-refractivity contribution < 1.29 is 37.1 Å². The summed E-state index contributed by atoms with van der Waals surface area (Å²) in [6, 6.07) is 4.69. The van der Waals surface area contributed by atoms with Crippen molar-refractivity contribution in [3.8, 4) is 5.75 Å². The first-order valence-corrected chi connectivity index (χ1v) is 20.9. The normalized spacial score (nSPS) is 25.4. The van der Waals surface area contributed by atoms with E-state index < -0.39 is 73.6 Å². The second-order valence-electron chi connectivity index (χ2n) is 16.4. The zero-order valence-corrected chi connectivity index (χ0v) is 33.1. The number of sulfonamides is 1. The molecule has 3 aliphatic carbocycles. The summed E-state index contributed by atoms with van der Waals surface area (Å²) in [4.78, 5) is 61.7. The summed E-state index contributed by atoms with van der Waals surface area (Å²) in [6.45, 7) is 11.2. The fraction of sp³-hybridized carbons (Fsp3) is 0.615. The molecule has 2 heterocycles. The van der Waals surface area contributed by atoms with Crippen LogP contribution in [0.5, 0.6) is 5.75 Å². The van der Waals surface area contributed by atoms with E-state index in [0.717, 1.165) is 32.1 Å². The number of carbonyl (C=O) groups excluding carboxylic acids is 4. The number of ether oxygens (including phenoxy) is 2. The zero-order valence-electron chi connectivity index (χ0n) is 31.5. The maximum Gasteiger partial charge on any atom is 0.408 e. The minimum Gasteiger partial charge on any atom is -0.488 e. The third kappa shape index (κ3) is 8.19. The van der Waals surface area contributed by atoms with Crippen molar-refractivity contribution in [2.24, 2.45) is 11.3 Å². The summed E-state index contributed by atoms with van der Waals surface area (Å²) in [7, 11) is -4.02. The predicted molar refractivity (Wildman–Crippen MR) is 204 cm³/mol. The van der Waals surface area contributed by atoms with Gasteiger partial charge in [0.1, 0.15) is 35.6 Å². The van der Waals surface area contributed by atoms with Crippen molar-refractivity contribution in [3.05, 3.63) is 48.1 Å². The molecule has 2 aromatic rings. The van der Waals surface area contributed by atoms with E-state index in [-0.39, 0.29) is 25.5 Å². The number of amides is 4. The van der Waals surface area contributed by atoms with Crippen LogP contribution in [0.4, 0.5) is 4.79 Å². The highest BCUT2D eigenvalue weighted by Crippen LogP contribution is 2.49. The van der Waals surface area contributed by atoms with E-state index >= 15 is 0 Å². The first-order chi connectivity index (χ1) is 25.5. The number of rotatable bonds is 14. The van der Waals surface area contributed by atoms with Gasteiger partial charge in [0.05, 0.1) is 16.8 Å². The second-order valence-corrected chi connectivity index (χ2v) is 18.9. The van der Waals surface area contributed by atoms with Crippen molar-refractivity contribution in [1.82, 2.24) is 25.2 Å². The summed E-state index contributed by atoms with van der Waals surface area (Å²) in [5.41, 5.74) is -1.75. The van der Waals surface area contributed by atoms with E-state index in [1.165, 1.54) is 11.0 Å². The molecule has 0 unspecified atom stereocenters. The Kier molecular flexibility index (Phi) is 11.3. The number of pyridine rings is 1. The molecule has 4 fully saturated rings. The molecule has 0 bridgehead atoms. The number of aromatic nitrogens is 1. The molecule has 0 radical (unpaired) electrons. The fourth-order valence-corrected chi connectivity index (χ4v) is 9.69. The molecule has 5 atom stereocenters. The number of likely N-dealkylation sites (tertiary alicyclic amines) is 1. The Bertz CT molecular complexity index is 1910. The number of carbonyl (C=O) groups is 4. The SMILES string of the molecule is C=C[C@H]1C[C@]1(NC(=O)[C@@H]1C[C@@H](Oc2ccnc3cc(Cl)ccc23)CN1C(=O)[C@@H](NC(=O)OC1CCCC1)C(C)(C)C)C(=O)NS(=O)(=O)C1(CCCC)CC1. The molecule has 1 saturated heterocycles. The summed E-state index contributed by atoms with van der Waals surface area (Å²) >= 11 is 6.20. The summed E-state index contributed by atoms with van der Waals surface area (Å²) in [6.07, 6.45) is 8.06. The molecule has 4 amide bonds. The van der Waals surface area contributed by atoms with E-state index in [9.17, 15) is 27.6 Å². The molecule has 4 aliphatic rings. The third-order valence-corrected chi connectivity index (χ3v) is 13.8. The van der Waals surface area contributed by atoms with Gasteiger partial charge in [-0.15, -0.1) is 6.58 Å². The van der Waals surface area contributed by atoms with Crippen molar-refractivity contribution in [1.29, 1.82) is 0 Å². The van der Waals surface area contributed by atoms with Crippen LogP contribution in [0.1, 0.15) is 98.3 Å². The van der Waals surface area contributed by atoms with Gasteiger partial charge in [-0.25, -0.2) is 13.2 Å². The van der Waals surface area contributed by atoms with Crippen LogP contribution in [-0.4, -0.2) is 83.2 Å². The number of fused-ring (bicyclic) bond motifs is 1. The number of unbranched alkanes of at least 4 members (excludes halogenated alkanes) is 1. The molecule has 1 aliphatic heterocycles. The van der Waals surface area contributed by atoms with Crippen LogP contribution in [0.2, 0.25) is 5.02 Å². The van der Waals surface area contributed by atoms with Crippen LogP contribution in [0, 0.1) is 11.3 Å². The van der Waals surface area contributed by atoms with Crippen molar-refractivity contribution >= 4 is 56.3 Å². The third-order valence-electron chi connectivity index (χ3n) is 11.4. The number of nitrogens with zero attached hydrogens (tertiary/aromatic N) is 2. The van der Waals surface area contributed by atoms with Gasteiger partial charge >= 0.3 is 6.09 Å². The highest BCUT2D eigenvalue weighted by atomic mass is 35.5. The number of halogens is 1. The van der Waals surface area contributed by atoms with Gasteiger partial charge in [0.2, 0.25) is 21.8 Å². The quantitative estimate of drug-likeness (QED) is 0.208. The highest BCUT2D eigenvalue weighted by Gasteiger charge is 2.63. The van der Waals surface area contributed by atoms with Crippen molar-refractivity contribution in [2.45, 2.75) is 133 Å². The summed E-state index contributed by atoms with van der Waals surface area (Å²) in [5.74, 6) is -2.03. The van der Waals surface area contributed by atoms with E-state index in [4.69, 9.17) is 21.1 Å². The molecular formula is C39H52ClN5O8S. The molecule has 294 valence electrons. The maximum atomic E-state index is 14.6. The van der Waals surface area contributed by atoms with Gasteiger partial charge in [-0.2, -0.15) is 0 Å². The molecule has 6 rings (SSSR count). The number of nitrogens with one attached hydrogen (secondary N) is 3. The van der Waals surface area contributed by atoms with Gasteiger partial charge in [-0.1, -0.05) is 58.2 Å².